The van der Waals surface area contributed by atoms with E-state index in [1.165, 1.54) is 0 Å². The Kier molecular flexibility index (Phi) is 6.11. The minimum atomic E-state index is -0.371. The van der Waals surface area contributed by atoms with Crippen molar-refractivity contribution in [1.29, 1.82) is 0 Å². The number of aryl methyl sites for hydroxylation is 1. The second kappa shape index (κ2) is 8.06. The first kappa shape index (κ1) is 17.4. The number of halogens is 1. The molecule has 0 saturated carbocycles. The molecule has 0 fully saturated rings. The summed E-state index contributed by atoms with van der Waals surface area (Å²) in [6, 6.07) is 7.82. The van der Waals surface area contributed by atoms with Gasteiger partial charge in [0.25, 0.3) is 0 Å². The summed E-state index contributed by atoms with van der Waals surface area (Å²) in [7, 11) is 0. The molecule has 1 aromatic rings. The van der Waals surface area contributed by atoms with Gasteiger partial charge in [0.1, 0.15) is 11.1 Å². The highest BCUT2D eigenvalue weighted by Crippen LogP contribution is 2.29. The predicted octanol–water partition coefficient (Wildman–Crippen LogP) is 4.03. The lowest BCUT2D eigenvalue weighted by Gasteiger charge is -2.23. The summed E-state index contributed by atoms with van der Waals surface area (Å²) in [5.74, 6) is 0.360. The summed E-state index contributed by atoms with van der Waals surface area (Å²) in [5, 5.41) is 0.324. The van der Waals surface area contributed by atoms with Gasteiger partial charge in [-0.25, -0.2) is 4.99 Å². The molecule has 0 aromatic heterocycles. The van der Waals surface area contributed by atoms with Crippen molar-refractivity contribution in [2.45, 2.75) is 33.3 Å². The van der Waals surface area contributed by atoms with Crippen molar-refractivity contribution in [2.75, 3.05) is 13.2 Å². The summed E-state index contributed by atoms with van der Waals surface area (Å²) in [6.07, 6.45) is -0.00969. The van der Waals surface area contributed by atoms with Crippen molar-refractivity contribution in [2.24, 2.45) is 4.99 Å². The third kappa shape index (κ3) is 4.08. The molecule has 1 unspecified atom stereocenters. The van der Waals surface area contributed by atoms with Gasteiger partial charge in [0.2, 0.25) is 5.76 Å². The van der Waals surface area contributed by atoms with E-state index in [4.69, 9.17) is 21.1 Å². The largest absolute Gasteiger partial charge is 0.486 e. The number of hydrogen-bond donors (Lipinski definition) is 0. The Bertz CT molecular complexity index is 674. The second-order valence-electron chi connectivity index (χ2n) is 5.10. The van der Waals surface area contributed by atoms with E-state index in [-0.39, 0.29) is 6.10 Å². The molecule has 0 saturated heterocycles. The maximum absolute atomic E-state index is 9.22. The Balaban J connectivity index is 2.51. The van der Waals surface area contributed by atoms with Crippen molar-refractivity contribution in [3.05, 3.63) is 46.2 Å². The van der Waals surface area contributed by atoms with Gasteiger partial charge < -0.3 is 15.0 Å². The van der Waals surface area contributed by atoms with Crippen LogP contribution in [0.15, 0.2) is 40.0 Å². The Morgan fingerprint density at radius 3 is 2.52 bits per heavy atom. The standard InChI is InChI=1S/C17H20ClN3O2/c1-4-22-14-10-13(21-19)17(23-5-2)15(18)16(14)20-12-8-6-11(3)7-9-12/h6-9,14H,4-5,10H2,1-3H3. The number of rotatable bonds is 5. The Labute approximate surface area is 141 Å². The van der Waals surface area contributed by atoms with E-state index in [9.17, 15) is 5.53 Å². The molecule has 0 aliphatic heterocycles. The van der Waals surface area contributed by atoms with Crippen LogP contribution < -0.4 is 0 Å². The number of allylic oxidation sites excluding steroid dienone is 1. The van der Waals surface area contributed by atoms with E-state index in [2.05, 4.69) is 9.78 Å². The summed E-state index contributed by atoms with van der Waals surface area (Å²) in [4.78, 5) is 7.92. The van der Waals surface area contributed by atoms with Crippen LogP contribution in [0.5, 0.6) is 0 Å². The molecule has 1 aliphatic rings. The van der Waals surface area contributed by atoms with Gasteiger partial charge in [-0.2, -0.15) is 4.79 Å². The highest BCUT2D eigenvalue weighted by atomic mass is 35.5. The zero-order valence-electron chi connectivity index (χ0n) is 13.5. The maximum Gasteiger partial charge on any atom is 0.338 e. The van der Waals surface area contributed by atoms with Crippen LogP contribution in [0.2, 0.25) is 0 Å². The predicted molar refractivity (Wildman–Crippen MR) is 91.4 cm³/mol. The molecule has 0 heterocycles. The lowest BCUT2D eigenvalue weighted by Crippen LogP contribution is -2.35. The molecule has 0 N–H and O–H groups in total. The van der Waals surface area contributed by atoms with E-state index in [1.807, 2.05) is 45.0 Å². The molecule has 1 atom stereocenters. The third-order valence-corrected chi connectivity index (χ3v) is 3.80. The molecule has 122 valence electrons. The fourth-order valence-electron chi connectivity index (χ4n) is 2.35. The zero-order chi connectivity index (χ0) is 16.8. The van der Waals surface area contributed by atoms with Crippen LogP contribution in [-0.2, 0) is 9.47 Å². The third-order valence-electron chi connectivity index (χ3n) is 3.43. The normalized spacial score (nSPS) is 19.9. The summed E-state index contributed by atoms with van der Waals surface area (Å²) < 4.78 is 11.3. The minimum Gasteiger partial charge on any atom is -0.486 e. The number of ether oxygens (including phenoxy) is 2. The van der Waals surface area contributed by atoms with Gasteiger partial charge in [0.15, 0.2) is 0 Å². The highest BCUT2D eigenvalue weighted by molar-refractivity contribution is 6.47. The average Bonchev–Trinajstić information content (AvgIpc) is 2.55. The smallest absolute Gasteiger partial charge is 0.338 e. The van der Waals surface area contributed by atoms with Gasteiger partial charge in [0, 0.05) is 6.61 Å². The molecule has 0 amide bonds. The van der Waals surface area contributed by atoms with Crippen molar-refractivity contribution in [3.63, 3.8) is 0 Å². The fourth-order valence-corrected chi connectivity index (χ4v) is 2.67. The van der Waals surface area contributed by atoms with E-state index < -0.39 is 0 Å². The van der Waals surface area contributed by atoms with E-state index in [1.54, 1.807) is 0 Å². The van der Waals surface area contributed by atoms with Crippen LogP contribution in [0.25, 0.3) is 5.53 Å². The molecular formula is C17H20ClN3O2. The lowest BCUT2D eigenvalue weighted by molar-refractivity contribution is -0.0177. The molecule has 6 heteroatoms. The van der Waals surface area contributed by atoms with E-state index >= 15 is 0 Å². The number of aliphatic imine (C=N–C) groups is 1. The van der Waals surface area contributed by atoms with Gasteiger partial charge in [-0.1, -0.05) is 29.3 Å². The number of nitrogens with zero attached hydrogens (tertiary/aromatic N) is 3. The maximum atomic E-state index is 9.22. The molecule has 0 bridgehead atoms. The summed E-state index contributed by atoms with van der Waals surface area (Å²) in [6.45, 7) is 6.68. The van der Waals surface area contributed by atoms with Gasteiger partial charge in [-0.3, -0.25) is 0 Å². The van der Waals surface area contributed by atoms with Gasteiger partial charge in [0.05, 0.1) is 24.4 Å². The molecule has 0 spiro atoms. The minimum absolute atomic E-state index is 0.324. The first-order chi connectivity index (χ1) is 11.1. The Morgan fingerprint density at radius 2 is 1.96 bits per heavy atom. The van der Waals surface area contributed by atoms with Crippen molar-refractivity contribution in [1.82, 2.24) is 0 Å². The topological polar surface area (TPSA) is 67.2 Å². The van der Waals surface area contributed by atoms with E-state index in [0.717, 1.165) is 11.3 Å². The van der Waals surface area contributed by atoms with Gasteiger partial charge in [-0.15, -0.1) is 0 Å². The zero-order valence-corrected chi connectivity index (χ0v) is 14.3. The molecule has 23 heavy (non-hydrogen) atoms. The van der Waals surface area contributed by atoms with Crippen LogP contribution in [0.1, 0.15) is 25.8 Å². The lowest BCUT2D eigenvalue weighted by atomic mass is 9.98. The molecule has 5 nitrogen and oxygen atoms in total. The first-order valence-corrected chi connectivity index (χ1v) is 7.99. The highest BCUT2D eigenvalue weighted by Gasteiger charge is 2.37. The molecule has 1 aliphatic carbocycles. The van der Waals surface area contributed by atoms with Crippen LogP contribution in [0.3, 0.4) is 0 Å². The van der Waals surface area contributed by atoms with Crippen LogP contribution >= 0.6 is 11.6 Å². The molecular weight excluding hydrogens is 314 g/mol. The Morgan fingerprint density at radius 1 is 1.26 bits per heavy atom. The summed E-state index contributed by atoms with van der Waals surface area (Å²) in [5.41, 5.74) is 12.1. The van der Waals surface area contributed by atoms with Crippen molar-refractivity contribution in [3.8, 4) is 0 Å². The summed E-state index contributed by atoms with van der Waals surface area (Å²) >= 11 is 6.46. The monoisotopic (exact) mass is 333 g/mol. The van der Waals surface area contributed by atoms with Gasteiger partial charge >= 0.3 is 5.71 Å². The quantitative estimate of drug-likeness (QED) is 0.603. The fraction of sp³-hybridized carbons (Fsp3) is 0.412. The second-order valence-corrected chi connectivity index (χ2v) is 5.48. The van der Waals surface area contributed by atoms with Crippen molar-refractivity contribution >= 4 is 28.7 Å². The van der Waals surface area contributed by atoms with Crippen LogP contribution in [0.4, 0.5) is 5.69 Å². The van der Waals surface area contributed by atoms with Crippen molar-refractivity contribution < 1.29 is 14.3 Å². The molecule has 2 rings (SSSR count). The van der Waals surface area contributed by atoms with Crippen LogP contribution in [-0.4, -0.2) is 35.5 Å². The van der Waals surface area contributed by atoms with Crippen LogP contribution in [0, 0.1) is 6.92 Å². The first-order valence-electron chi connectivity index (χ1n) is 7.61. The average molecular weight is 334 g/mol. The molecule has 1 aromatic carbocycles. The Hall–Kier alpha value is -1.94. The van der Waals surface area contributed by atoms with Gasteiger partial charge in [-0.05, 0) is 32.9 Å². The van der Waals surface area contributed by atoms with E-state index in [0.29, 0.717) is 41.8 Å². The number of hydrogen-bond acceptors (Lipinski definition) is 3. The molecule has 0 radical (unpaired) electrons. The number of benzene rings is 1. The SMILES string of the molecule is CCOC1=C(Cl)C(=Nc2ccc(C)cc2)C(OCC)CC1=[N+]=[N-].